The van der Waals surface area contributed by atoms with E-state index < -0.39 is 17.9 Å². The van der Waals surface area contributed by atoms with E-state index in [1.807, 2.05) is 6.07 Å². The molecule has 0 bridgehead atoms. The van der Waals surface area contributed by atoms with Crippen LogP contribution >= 0.6 is 0 Å². The van der Waals surface area contributed by atoms with Gasteiger partial charge >= 0.3 is 12.2 Å². The second-order valence-electron chi connectivity index (χ2n) is 6.58. The van der Waals surface area contributed by atoms with Gasteiger partial charge in [-0.15, -0.1) is 0 Å². The summed E-state index contributed by atoms with van der Waals surface area (Å²) in [5.41, 5.74) is 0.932. The molecule has 0 aliphatic carbocycles. The van der Waals surface area contributed by atoms with Crippen molar-refractivity contribution in [3.8, 4) is 5.69 Å². The number of rotatable bonds is 7. The smallest absolute Gasteiger partial charge is 0.352 e. The minimum atomic E-state index is -4.49. The monoisotopic (exact) mass is 431 g/mol. The van der Waals surface area contributed by atoms with E-state index in [1.165, 1.54) is 6.20 Å². The Morgan fingerprint density at radius 2 is 1.65 bits per heavy atom. The number of carbonyl (C=O) groups is 2. The molecule has 2 aromatic carbocycles. The van der Waals surface area contributed by atoms with Crippen molar-refractivity contribution in [2.75, 3.05) is 11.9 Å². The molecule has 3 rings (SSSR count). The van der Waals surface area contributed by atoms with Crippen LogP contribution in [0.4, 0.5) is 23.7 Å². The van der Waals surface area contributed by atoms with Gasteiger partial charge in [0.15, 0.2) is 5.69 Å². The first-order valence-electron chi connectivity index (χ1n) is 9.40. The van der Waals surface area contributed by atoms with Crippen LogP contribution in [0.5, 0.6) is 0 Å². The molecule has 3 N–H and O–H groups in total. The molecule has 0 unspecified atom stereocenters. The summed E-state index contributed by atoms with van der Waals surface area (Å²) in [7, 11) is 0. The van der Waals surface area contributed by atoms with E-state index in [4.69, 9.17) is 0 Å². The fourth-order valence-corrected chi connectivity index (χ4v) is 2.66. The van der Waals surface area contributed by atoms with E-state index in [2.05, 4.69) is 21.0 Å². The summed E-state index contributed by atoms with van der Waals surface area (Å²) in [6.07, 6.45) is -3.15. The zero-order chi connectivity index (χ0) is 22.3. The van der Waals surface area contributed by atoms with Crippen LogP contribution in [-0.2, 0) is 17.5 Å². The van der Waals surface area contributed by atoms with E-state index in [0.29, 0.717) is 11.4 Å². The molecule has 0 saturated carbocycles. The highest BCUT2D eigenvalue weighted by Gasteiger charge is 2.33. The van der Waals surface area contributed by atoms with E-state index in [0.717, 1.165) is 16.3 Å². The second kappa shape index (κ2) is 9.79. The molecule has 0 saturated heterocycles. The number of benzene rings is 2. The van der Waals surface area contributed by atoms with Gasteiger partial charge in [0.2, 0.25) is 5.91 Å². The molecule has 0 aliphatic rings. The first-order valence-corrected chi connectivity index (χ1v) is 9.40. The highest BCUT2D eigenvalue weighted by Crippen LogP contribution is 2.27. The second-order valence-corrected chi connectivity index (χ2v) is 6.58. The molecule has 31 heavy (non-hydrogen) atoms. The Hall–Kier alpha value is -3.82. The number of hydrogen-bond acceptors (Lipinski definition) is 3. The van der Waals surface area contributed by atoms with Crippen LogP contribution in [0.1, 0.15) is 17.7 Å². The predicted octanol–water partition coefficient (Wildman–Crippen LogP) is 3.72. The fourth-order valence-electron chi connectivity index (χ4n) is 2.66. The lowest BCUT2D eigenvalue weighted by atomic mass is 10.2. The van der Waals surface area contributed by atoms with E-state index in [9.17, 15) is 22.8 Å². The molecule has 0 atom stereocenters. The van der Waals surface area contributed by atoms with Crippen LogP contribution in [0.25, 0.3) is 5.69 Å². The summed E-state index contributed by atoms with van der Waals surface area (Å²) in [5.74, 6) is -0.244. The van der Waals surface area contributed by atoms with Gasteiger partial charge in [-0.25, -0.2) is 9.48 Å². The number of alkyl halides is 3. The first-order chi connectivity index (χ1) is 14.8. The first kappa shape index (κ1) is 21.9. The Bertz CT molecular complexity index is 1020. The summed E-state index contributed by atoms with van der Waals surface area (Å²) in [5, 5.41) is 11.5. The number of halogens is 3. The third-order valence-electron chi connectivity index (χ3n) is 4.24. The molecule has 0 spiro atoms. The Morgan fingerprint density at radius 1 is 0.935 bits per heavy atom. The lowest BCUT2D eigenvalue weighted by molar-refractivity contribution is -0.141. The number of carbonyl (C=O) groups excluding carboxylic acids is 2. The van der Waals surface area contributed by atoms with E-state index >= 15 is 0 Å². The molecule has 3 amide bonds. The maximum atomic E-state index is 12.6. The molecule has 0 aliphatic heterocycles. The summed E-state index contributed by atoms with van der Waals surface area (Å²) in [4.78, 5) is 23.7. The van der Waals surface area contributed by atoms with Gasteiger partial charge in [-0.1, -0.05) is 30.3 Å². The Kier molecular flexibility index (Phi) is 6.91. The van der Waals surface area contributed by atoms with Crippen molar-refractivity contribution in [3.63, 3.8) is 0 Å². The molecule has 10 heteroatoms. The van der Waals surface area contributed by atoms with Crippen molar-refractivity contribution in [1.82, 2.24) is 20.4 Å². The van der Waals surface area contributed by atoms with Crippen LogP contribution in [0.15, 0.2) is 66.9 Å². The largest absolute Gasteiger partial charge is 0.435 e. The molecule has 3 aromatic rings. The van der Waals surface area contributed by atoms with Gasteiger partial charge in [-0.3, -0.25) is 4.79 Å². The Morgan fingerprint density at radius 3 is 2.29 bits per heavy atom. The number of urea groups is 1. The molecule has 1 aromatic heterocycles. The fraction of sp³-hybridized carbons (Fsp3) is 0.190. The van der Waals surface area contributed by atoms with Gasteiger partial charge in [-0.2, -0.15) is 18.3 Å². The predicted molar refractivity (Wildman–Crippen MR) is 108 cm³/mol. The molecule has 0 radical (unpaired) electrons. The number of aromatic nitrogens is 2. The molecular formula is C21H20F3N5O2. The van der Waals surface area contributed by atoms with Crippen LogP contribution in [0.3, 0.4) is 0 Å². The summed E-state index contributed by atoms with van der Waals surface area (Å²) in [6.45, 7) is 0.423. The van der Waals surface area contributed by atoms with Crippen LogP contribution < -0.4 is 16.0 Å². The zero-order valence-electron chi connectivity index (χ0n) is 16.3. The topological polar surface area (TPSA) is 88.0 Å². The summed E-state index contributed by atoms with van der Waals surface area (Å²) >= 11 is 0. The van der Waals surface area contributed by atoms with Crippen molar-refractivity contribution >= 4 is 17.6 Å². The zero-order valence-corrected chi connectivity index (χ0v) is 16.3. The van der Waals surface area contributed by atoms with Gasteiger partial charge in [-0.05, 0) is 35.9 Å². The summed E-state index contributed by atoms with van der Waals surface area (Å²) < 4.78 is 39.1. The molecule has 1 heterocycles. The van der Waals surface area contributed by atoms with Crippen molar-refractivity contribution in [2.45, 2.75) is 19.1 Å². The standard InChI is InChI=1S/C21H20F3N5O2/c22-21(23,24)18-11-13-29(28-18)17-8-6-15(7-9-17)14-26-19(30)10-12-25-20(31)27-16-4-2-1-3-5-16/h1-9,11,13H,10,12,14H2,(H,26,30)(H2,25,27,31). The van der Waals surface area contributed by atoms with E-state index in [1.54, 1.807) is 48.5 Å². The molecular weight excluding hydrogens is 411 g/mol. The SMILES string of the molecule is O=C(CCNC(=O)Nc1ccccc1)NCc1ccc(-n2ccc(C(F)(F)F)n2)cc1. The molecule has 0 fully saturated rings. The minimum absolute atomic E-state index is 0.105. The van der Waals surface area contributed by atoms with Crippen LogP contribution in [0, 0.1) is 0 Å². The third kappa shape index (κ3) is 6.59. The van der Waals surface area contributed by atoms with Gasteiger partial charge in [0.25, 0.3) is 0 Å². The number of anilines is 1. The Balaban J connectivity index is 1.40. The normalized spacial score (nSPS) is 11.1. The van der Waals surface area contributed by atoms with Gasteiger partial charge in [0.05, 0.1) is 5.69 Å². The van der Waals surface area contributed by atoms with Crippen molar-refractivity contribution in [1.29, 1.82) is 0 Å². The highest BCUT2D eigenvalue weighted by atomic mass is 19.4. The minimum Gasteiger partial charge on any atom is -0.352 e. The van der Waals surface area contributed by atoms with Gasteiger partial charge in [0.1, 0.15) is 0 Å². The Labute approximate surface area is 176 Å². The van der Waals surface area contributed by atoms with Crippen molar-refractivity contribution in [2.24, 2.45) is 0 Å². The number of amides is 3. The number of para-hydroxylation sites is 1. The molecule has 162 valence electrons. The van der Waals surface area contributed by atoms with Crippen molar-refractivity contribution < 1.29 is 22.8 Å². The van der Waals surface area contributed by atoms with Crippen LogP contribution in [-0.4, -0.2) is 28.3 Å². The quantitative estimate of drug-likeness (QED) is 0.533. The lowest BCUT2D eigenvalue weighted by Crippen LogP contribution is -2.33. The maximum Gasteiger partial charge on any atom is 0.435 e. The number of nitrogens with one attached hydrogen (secondary N) is 3. The van der Waals surface area contributed by atoms with E-state index in [-0.39, 0.29) is 25.4 Å². The third-order valence-corrected chi connectivity index (χ3v) is 4.24. The lowest BCUT2D eigenvalue weighted by Gasteiger charge is -2.09. The summed E-state index contributed by atoms with van der Waals surface area (Å²) in [6, 6.07) is 16.0. The van der Waals surface area contributed by atoms with Crippen LogP contribution in [0.2, 0.25) is 0 Å². The van der Waals surface area contributed by atoms with Gasteiger partial charge < -0.3 is 16.0 Å². The number of hydrogen-bond donors (Lipinski definition) is 3. The average molecular weight is 431 g/mol. The number of nitrogens with zero attached hydrogens (tertiary/aromatic N) is 2. The molecule has 7 nitrogen and oxygen atoms in total. The maximum absolute atomic E-state index is 12.6. The highest BCUT2D eigenvalue weighted by molar-refractivity contribution is 5.89. The average Bonchev–Trinajstić information content (AvgIpc) is 3.24. The van der Waals surface area contributed by atoms with Gasteiger partial charge in [0, 0.05) is 31.4 Å². The van der Waals surface area contributed by atoms with Crippen molar-refractivity contribution in [3.05, 3.63) is 78.1 Å².